The van der Waals surface area contributed by atoms with Gasteiger partial charge in [0.25, 0.3) is 0 Å². The van der Waals surface area contributed by atoms with Gasteiger partial charge >= 0.3 is 5.97 Å². The molecular weight excluding hydrogens is 356 g/mol. The van der Waals surface area contributed by atoms with Crippen LogP contribution < -0.4 is 5.11 Å². The first-order valence-electron chi connectivity index (χ1n) is 11.2. The molecule has 4 aliphatic rings. The highest BCUT2D eigenvalue weighted by Gasteiger charge is 2.60. The molecule has 5 nitrogen and oxygen atoms in total. The molecule has 5 heteroatoms. The zero-order chi connectivity index (χ0) is 20.1. The number of esters is 1. The summed E-state index contributed by atoms with van der Waals surface area (Å²) in [6.45, 7) is 4.67. The molecule has 0 aliphatic heterocycles. The minimum Gasteiger partial charge on any atom is -0.550 e. The zero-order valence-electron chi connectivity index (χ0n) is 17.2. The van der Waals surface area contributed by atoms with Crippen LogP contribution in [-0.4, -0.2) is 23.8 Å². The number of fused-ring (bicyclic) bond motifs is 5. The molecule has 0 spiro atoms. The van der Waals surface area contributed by atoms with E-state index in [9.17, 15) is 19.5 Å². The lowest BCUT2D eigenvalue weighted by Gasteiger charge is -2.60. The molecule has 156 valence electrons. The number of carbonyl (C=O) groups is 3. The van der Waals surface area contributed by atoms with E-state index in [1.54, 1.807) is 0 Å². The summed E-state index contributed by atoms with van der Waals surface area (Å²) in [6.07, 6.45) is 8.80. The molecule has 28 heavy (non-hydrogen) atoms. The van der Waals surface area contributed by atoms with Crippen LogP contribution in [0.1, 0.15) is 84.5 Å². The van der Waals surface area contributed by atoms with Gasteiger partial charge in [-0.3, -0.25) is 9.59 Å². The third kappa shape index (κ3) is 3.19. The van der Waals surface area contributed by atoms with Crippen molar-refractivity contribution in [3.8, 4) is 0 Å². The molecule has 4 aliphatic carbocycles. The van der Waals surface area contributed by atoms with E-state index in [-0.39, 0.29) is 29.8 Å². The van der Waals surface area contributed by atoms with Crippen molar-refractivity contribution in [2.75, 3.05) is 0 Å². The Bertz CT molecular complexity index is 672. The summed E-state index contributed by atoms with van der Waals surface area (Å²) < 4.78 is 5.60. The van der Waals surface area contributed by atoms with Crippen molar-refractivity contribution in [3.63, 3.8) is 0 Å². The van der Waals surface area contributed by atoms with Gasteiger partial charge in [-0.2, -0.15) is 0 Å². The summed E-state index contributed by atoms with van der Waals surface area (Å²) in [5.41, 5.74) is 0.208. The van der Waals surface area contributed by atoms with Crippen molar-refractivity contribution in [3.05, 3.63) is 0 Å². The number of hydrogen-bond acceptors (Lipinski definition) is 5. The van der Waals surface area contributed by atoms with Crippen LogP contribution in [0.25, 0.3) is 0 Å². The minimum absolute atomic E-state index is 0.0733. The molecule has 0 saturated heterocycles. The van der Waals surface area contributed by atoms with E-state index in [0.29, 0.717) is 29.5 Å². The van der Waals surface area contributed by atoms with E-state index < -0.39 is 11.9 Å². The summed E-state index contributed by atoms with van der Waals surface area (Å²) in [5, 5.41) is 10.5. The molecule has 0 radical (unpaired) electrons. The first kappa shape index (κ1) is 19.9. The topological polar surface area (TPSA) is 83.5 Å². The molecule has 0 aromatic heterocycles. The van der Waals surface area contributed by atoms with Gasteiger partial charge in [-0.25, -0.2) is 0 Å². The van der Waals surface area contributed by atoms with E-state index in [2.05, 4.69) is 13.8 Å². The van der Waals surface area contributed by atoms with Crippen molar-refractivity contribution in [2.24, 2.45) is 34.5 Å². The van der Waals surface area contributed by atoms with E-state index in [1.807, 2.05) is 0 Å². The van der Waals surface area contributed by atoms with Gasteiger partial charge in [-0.15, -0.1) is 0 Å². The highest BCUT2D eigenvalue weighted by molar-refractivity contribution is 5.87. The highest BCUT2D eigenvalue weighted by Crippen LogP contribution is 2.65. The third-order valence-electron chi connectivity index (χ3n) is 9.16. The maximum Gasteiger partial charge on any atom is 0.306 e. The van der Waals surface area contributed by atoms with E-state index in [1.165, 1.54) is 6.42 Å². The van der Waals surface area contributed by atoms with Gasteiger partial charge < -0.3 is 14.6 Å². The van der Waals surface area contributed by atoms with E-state index >= 15 is 0 Å². The second-order valence-electron chi connectivity index (χ2n) is 10.3. The molecule has 0 unspecified atom stereocenters. The van der Waals surface area contributed by atoms with Crippen LogP contribution in [0.5, 0.6) is 0 Å². The number of ether oxygens (including phenoxy) is 1. The lowest BCUT2D eigenvalue weighted by molar-refractivity contribution is -0.305. The average molecular weight is 390 g/mol. The van der Waals surface area contributed by atoms with E-state index in [0.717, 1.165) is 51.4 Å². The fourth-order valence-electron chi connectivity index (χ4n) is 7.55. The summed E-state index contributed by atoms with van der Waals surface area (Å²) in [4.78, 5) is 35.0. The lowest BCUT2D eigenvalue weighted by Crippen LogP contribution is -2.54. The standard InChI is InChI=1S/C23H34O5/c1-22-11-9-15(28-21(27)8-7-20(25)26)13-14(22)3-4-16-17-5-6-19(24)23(17,2)12-10-18(16)22/h14-18H,3-13H2,1-2H3,(H,25,26)/p-1/t14-,15+,16-,17-,18+,22-,23+/m1/s1. The van der Waals surface area contributed by atoms with Crippen LogP contribution in [0.15, 0.2) is 0 Å². The third-order valence-corrected chi connectivity index (χ3v) is 9.16. The summed E-state index contributed by atoms with van der Waals surface area (Å²) in [6, 6.07) is 0. The first-order chi connectivity index (χ1) is 13.2. The molecule has 4 fully saturated rings. The molecule has 0 heterocycles. The van der Waals surface area contributed by atoms with Crippen molar-refractivity contribution >= 4 is 17.7 Å². The van der Waals surface area contributed by atoms with Crippen molar-refractivity contribution in [1.82, 2.24) is 0 Å². The second-order valence-corrected chi connectivity index (χ2v) is 10.3. The smallest absolute Gasteiger partial charge is 0.306 e. The van der Waals surface area contributed by atoms with Crippen molar-refractivity contribution in [1.29, 1.82) is 0 Å². The zero-order valence-corrected chi connectivity index (χ0v) is 17.2. The summed E-state index contributed by atoms with van der Waals surface area (Å²) >= 11 is 0. The van der Waals surface area contributed by atoms with Gasteiger partial charge in [-0.05, 0) is 86.9 Å². The van der Waals surface area contributed by atoms with Gasteiger partial charge in [0.1, 0.15) is 11.9 Å². The van der Waals surface area contributed by atoms with Gasteiger partial charge in [0, 0.05) is 17.8 Å². The fourth-order valence-corrected chi connectivity index (χ4v) is 7.55. The van der Waals surface area contributed by atoms with Crippen molar-refractivity contribution < 1.29 is 24.2 Å². The number of Topliss-reactive ketones (excluding diaryl/α,β-unsaturated/α-hetero) is 1. The van der Waals surface area contributed by atoms with Gasteiger partial charge in [0.15, 0.2) is 0 Å². The van der Waals surface area contributed by atoms with Crippen LogP contribution in [0.3, 0.4) is 0 Å². The van der Waals surface area contributed by atoms with Crippen LogP contribution in [0, 0.1) is 34.5 Å². The van der Waals surface area contributed by atoms with Crippen molar-refractivity contribution in [2.45, 2.75) is 90.6 Å². The highest BCUT2D eigenvalue weighted by atomic mass is 16.5. The van der Waals surface area contributed by atoms with Gasteiger partial charge in [-0.1, -0.05) is 13.8 Å². The predicted molar refractivity (Wildman–Crippen MR) is 101 cm³/mol. The predicted octanol–water partition coefficient (Wildman–Crippen LogP) is 3.04. The van der Waals surface area contributed by atoms with Crippen LogP contribution >= 0.6 is 0 Å². The summed E-state index contributed by atoms with van der Waals surface area (Å²) in [5.74, 6) is 1.36. The molecular formula is C23H33O5-. The number of carbonyl (C=O) groups excluding carboxylic acids is 3. The quantitative estimate of drug-likeness (QED) is 0.690. The van der Waals surface area contributed by atoms with E-state index in [4.69, 9.17) is 4.74 Å². The Morgan fingerprint density at radius 1 is 1.04 bits per heavy atom. The van der Waals surface area contributed by atoms with Crippen LogP contribution in [0.4, 0.5) is 0 Å². The normalized spacial score (nSPS) is 44.9. The Morgan fingerprint density at radius 3 is 2.57 bits per heavy atom. The number of aliphatic carboxylic acids is 1. The molecule has 0 N–H and O–H groups in total. The lowest BCUT2D eigenvalue weighted by atomic mass is 9.45. The maximum atomic E-state index is 12.5. The number of carboxylic acids is 1. The largest absolute Gasteiger partial charge is 0.550 e. The molecule has 0 aromatic carbocycles. The Balaban J connectivity index is 1.41. The molecule has 0 aromatic rings. The Labute approximate surface area is 167 Å². The SMILES string of the molecule is C[C@@]12CC[C@H](OC(=O)CCC(=O)[O-])C[C@H]1CC[C@@H]1[C@H]3CCC(=O)[C@@]3(C)CC[C@@H]12. The molecule has 4 rings (SSSR count). The summed E-state index contributed by atoms with van der Waals surface area (Å²) in [7, 11) is 0. The minimum atomic E-state index is -1.21. The molecule has 7 atom stereocenters. The molecule has 0 amide bonds. The van der Waals surface area contributed by atoms with Crippen LogP contribution in [0.2, 0.25) is 0 Å². The fraction of sp³-hybridized carbons (Fsp3) is 0.870. The number of rotatable bonds is 4. The van der Waals surface area contributed by atoms with Crippen LogP contribution in [-0.2, 0) is 19.1 Å². The number of hydrogen-bond donors (Lipinski definition) is 0. The monoisotopic (exact) mass is 389 g/mol. The number of ketones is 1. The van der Waals surface area contributed by atoms with Gasteiger partial charge in [0.05, 0.1) is 6.42 Å². The average Bonchev–Trinajstić information content (AvgIpc) is 2.95. The number of carboxylic acid groups (broad SMARTS) is 1. The maximum absolute atomic E-state index is 12.5. The Kier molecular flexibility index (Phi) is 5.08. The van der Waals surface area contributed by atoms with Gasteiger partial charge in [0.2, 0.25) is 0 Å². The Morgan fingerprint density at radius 2 is 1.82 bits per heavy atom. The molecule has 0 bridgehead atoms. The first-order valence-corrected chi connectivity index (χ1v) is 11.2. The Hall–Kier alpha value is -1.39. The molecule has 4 saturated carbocycles. The second kappa shape index (κ2) is 7.14.